The Morgan fingerprint density at radius 1 is 1.18 bits per heavy atom. The Morgan fingerprint density at radius 3 is 2.57 bits per heavy atom. The molecule has 0 spiro atoms. The molecule has 1 N–H and O–H groups in total. The lowest BCUT2D eigenvalue weighted by atomic mass is 10.2. The van der Waals surface area contributed by atoms with Crippen molar-refractivity contribution in [3.05, 3.63) is 12.5 Å². The minimum atomic E-state index is -0.796. The lowest BCUT2D eigenvalue weighted by molar-refractivity contribution is 0.0240. The van der Waals surface area contributed by atoms with Gasteiger partial charge < -0.3 is 24.4 Å². The number of nitrogens with one attached hydrogen (secondary N) is 1. The van der Waals surface area contributed by atoms with E-state index in [2.05, 4.69) is 19.9 Å². The molecular formula is C19H27FN6O2. The Morgan fingerprint density at radius 2 is 1.93 bits per heavy atom. The molecule has 2 saturated heterocycles. The van der Waals surface area contributed by atoms with Gasteiger partial charge in [0.1, 0.15) is 29.6 Å². The number of amides is 1. The third kappa shape index (κ3) is 3.70. The van der Waals surface area contributed by atoms with Gasteiger partial charge in [-0.1, -0.05) is 0 Å². The highest BCUT2D eigenvalue weighted by Crippen LogP contribution is 2.35. The number of piperazine rings is 1. The molecule has 152 valence electrons. The molecule has 9 heteroatoms. The molecule has 0 aliphatic carbocycles. The third-order valence-corrected chi connectivity index (χ3v) is 5.13. The first-order chi connectivity index (χ1) is 13.3. The second kappa shape index (κ2) is 7.10. The van der Waals surface area contributed by atoms with Crippen LogP contribution in [-0.2, 0) is 4.74 Å². The number of aromatic amines is 1. The Hall–Kier alpha value is -2.58. The van der Waals surface area contributed by atoms with E-state index in [9.17, 15) is 9.18 Å². The van der Waals surface area contributed by atoms with Crippen LogP contribution in [0.4, 0.5) is 20.7 Å². The van der Waals surface area contributed by atoms with E-state index < -0.39 is 11.8 Å². The van der Waals surface area contributed by atoms with Crippen molar-refractivity contribution in [2.24, 2.45) is 0 Å². The number of ether oxygens (including phenoxy) is 1. The predicted molar refractivity (Wildman–Crippen MR) is 106 cm³/mol. The van der Waals surface area contributed by atoms with E-state index >= 15 is 0 Å². The number of hydrogen-bond donors (Lipinski definition) is 1. The van der Waals surface area contributed by atoms with E-state index in [1.165, 1.54) is 0 Å². The summed E-state index contributed by atoms with van der Waals surface area (Å²) >= 11 is 0. The molecule has 4 heterocycles. The maximum absolute atomic E-state index is 13.7. The summed E-state index contributed by atoms with van der Waals surface area (Å²) in [5.41, 5.74) is 1.19. The summed E-state index contributed by atoms with van der Waals surface area (Å²) < 4.78 is 19.2. The molecule has 2 aliphatic rings. The number of alkyl halides is 1. The van der Waals surface area contributed by atoms with Gasteiger partial charge >= 0.3 is 6.09 Å². The van der Waals surface area contributed by atoms with Crippen molar-refractivity contribution in [1.82, 2.24) is 19.9 Å². The number of aromatic nitrogens is 3. The Balaban J connectivity index is 1.52. The zero-order valence-corrected chi connectivity index (χ0v) is 16.6. The molecule has 0 saturated carbocycles. The van der Waals surface area contributed by atoms with Crippen LogP contribution in [0.1, 0.15) is 27.2 Å². The Labute approximate surface area is 163 Å². The van der Waals surface area contributed by atoms with E-state index in [0.717, 1.165) is 22.5 Å². The van der Waals surface area contributed by atoms with Crippen molar-refractivity contribution in [1.29, 1.82) is 0 Å². The number of halogens is 1. The molecule has 2 fully saturated rings. The van der Waals surface area contributed by atoms with Gasteiger partial charge in [-0.15, -0.1) is 0 Å². The van der Waals surface area contributed by atoms with Gasteiger partial charge in [0.15, 0.2) is 0 Å². The van der Waals surface area contributed by atoms with E-state index in [-0.39, 0.29) is 6.09 Å². The molecule has 0 unspecified atom stereocenters. The Bertz CT molecular complexity index is 856. The van der Waals surface area contributed by atoms with Crippen molar-refractivity contribution in [2.45, 2.75) is 39.0 Å². The van der Waals surface area contributed by atoms with Gasteiger partial charge in [0.05, 0.1) is 11.1 Å². The highest BCUT2D eigenvalue weighted by molar-refractivity contribution is 5.99. The van der Waals surface area contributed by atoms with Crippen molar-refractivity contribution in [3.63, 3.8) is 0 Å². The van der Waals surface area contributed by atoms with Gasteiger partial charge in [-0.25, -0.2) is 19.2 Å². The fourth-order valence-corrected chi connectivity index (χ4v) is 3.78. The number of H-pyrrole nitrogens is 1. The molecule has 2 aromatic rings. The van der Waals surface area contributed by atoms with Crippen LogP contribution in [0, 0.1) is 0 Å². The summed E-state index contributed by atoms with van der Waals surface area (Å²) in [7, 11) is 0. The molecule has 1 amide bonds. The number of carbonyl (C=O) groups excluding carboxylic acids is 1. The van der Waals surface area contributed by atoms with Crippen molar-refractivity contribution in [3.8, 4) is 0 Å². The lowest BCUT2D eigenvalue weighted by Gasteiger charge is -2.36. The number of carbonyl (C=O) groups is 1. The summed E-state index contributed by atoms with van der Waals surface area (Å²) in [6.45, 7) is 9.13. The smallest absolute Gasteiger partial charge is 0.410 e. The van der Waals surface area contributed by atoms with Crippen LogP contribution < -0.4 is 9.80 Å². The Kier molecular flexibility index (Phi) is 4.76. The zero-order valence-electron chi connectivity index (χ0n) is 16.6. The fourth-order valence-electron chi connectivity index (χ4n) is 3.78. The maximum atomic E-state index is 13.7. The van der Waals surface area contributed by atoms with Crippen LogP contribution in [0.15, 0.2) is 12.5 Å². The monoisotopic (exact) mass is 390 g/mol. The number of fused-ring (bicyclic) bond motifs is 1. The SMILES string of the molecule is CC(C)(C)OC(=O)N1CCN(c2ncnc3[nH]cc(N4CC[C@H](F)C4)c23)CC1. The van der Waals surface area contributed by atoms with Gasteiger partial charge in [0.2, 0.25) is 0 Å². The maximum Gasteiger partial charge on any atom is 0.410 e. The van der Waals surface area contributed by atoms with Crippen LogP contribution in [0.3, 0.4) is 0 Å². The van der Waals surface area contributed by atoms with Gasteiger partial charge in [-0.05, 0) is 27.2 Å². The molecule has 8 nitrogen and oxygen atoms in total. The highest BCUT2D eigenvalue weighted by Gasteiger charge is 2.29. The molecular weight excluding hydrogens is 363 g/mol. The van der Waals surface area contributed by atoms with Crippen molar-refractivity contribution < 1.29 is 13.9 Å². The van der Waals surface area contributed by atoms with Gasteiger partial charge in [0.25, 0.3) is 0 Å². The van der Waals surface area contributed by atoms with Gasteiger partial charge in [-0.3, -0.25) is 0 Å². The van der Waals surface area contributed by atoms with Crippen LogP contribution >= 0.6 is 0 Å². The standard InChI is InChI=1S/C19H27FN6O2/c1-19(2,3)28-18(27)25-8-6-24(7-9-25)17-15-14(26-5-4-13(20)11-26)10-21-16(15)22-12-23-17/h10,12-13H,4-9,11H2,1-3H3,(H,21,22,23)/t13-/m0/s1. The second-order valence-corrected chi connectivity index (χ2v) is 8.38. The minimum absolute atomic E-state index is 0.284. The molecule has 0 aromatic carbocycles. The average Bonchev–Trinajstić information content (AvgIpc) is 3.26. The largest absolute Gasteiger partial charge is 0.444 e. The number of hydrogen-bond acceptors (Lipinski definition) is 6. The summed E-state index contributed by atoms with van der Waals surface area (Å²) in [4.78, 5) is 30.3. The lowest BCUT2D eigenvalue weighted by Crippen LogP contribution is -2.50. The van der Waals surface area contributed by atoms with Gasteiger partial charge in [0, 0.05) is 45.5 Å². The first-order valence-electron chi connectivity index (χ1n) is 9.76. The molecule has 0 radical (unpaired) electrons. The number of nitrogens with zero attached hydrogens (tertiary/aromatic N) is 5. The molecule has 2 aromatic heterocycles. The predicted octanol–water partition coefficient (Wildman–Crippen LogP) is 2.56. The first kappa shape index (κ1) is 18.8. The topological polar surface area (TPSA) is 77.6 Å². The summed E-state index contributed by atoms with van der Waals surface area (Å²) in [5.74, 6) is 0.826. The summed E-state index contributed by atoms with van der Waals surface area (Å²) in [6.07, 6.45) is 2.89. The van der Waals surface area contributed by atoms with Crippen LogP contribution in [0.5, 0.6) is 0 Å². The normalized spacial score (nSPS) is 20.9. The van der Waals surface area contributed by atoms with Gasteiger partial charge in [-0.2, -0.15) is 0 Å². The van der Waals surface area contributed by atoms with Crippen molar-refractivity contribution in [2.75, 3.05) is 49.1 Å². The van der Waals surface area contributed by atoms with Crippen molar-refractivity contribution >= 4 is 28.6 Å². The molecule has 1 atom stereocenters. The molecule has 0 bridgehead atoms. The number of anilines is 2. The van der Waals surface area contributed by atoms with E-state index in [0.29, 0.717) is 45.7 Å². The third-order valence-electron chi connectivity index (χ3n) is 5.13. The van der Waals surface area contributed by atoms with Crippen LogP contribution in [0.2, 0.25) is 0 Å². The quantitative estimate of drug-likeness (QED) is 0.849. The number of rotatable bonds is 2. The highest BCUT2D eigenvalue weighted by atomic mass is 19.1. The van der Waals surface area contributed by atoms with Crippen LogP contribution in [0.25, 0.3) is 11.0 Å². The molecule has 28 heavy (non-hydrogen) atoms. The minimum Gasteiger partial charge on any atom is -0.444 e. The van der Waals surface area contributed by atoms with Crippen LogP contribution in [-0.4, -0.2) is 77.0 Å². The summed E-state index contributed by atoms with van der Waals surface area (Å²) in [6, 6.07) is 0. The fraction of sp³-hybridized carbons (Fsp3) is 0.632. The molecule has 4 rings (SSSR count). The van der Waals surface area contributed by atoms with E-state index in [1.807, 2.05) is 31.9 Å². The van der Waals surface area contributed by atoms with E-state index in [4.69, 9.17) is 4.74 Å². The summed E-state index contributed by atoms with van der Waals surface area (Å²) in [5, 5.41) is 0.919. The first-order valence-corrected chi connectivity index (χ1v) is 9.76. The molecule has 2 aliphatic heterocycles. The average molecular weight is 390 g/mol. The second-order valence-electron chi connectivity index (χ2n) is 8.38. The zero-order chi connectivity index (χ0) is 19.9. The van der Waals surface area contributed by atoms with E-state index in [1.54, 1.807) is 11.2 Å².